The molecule has 0 amide bonds. The van der Waals surface area contributed by atoms with Crippen LogP contribution in [0.4, 0.5) is 4.39 Å². The Kier molecular flexibility index (Phi) is 5.44. The number of H-pyrrole nitrogens is 1. The Morgan fingerprint density at radius 2 is 1.89 bits per heavy atom. The van der Waals surface area contributed by atoms with Crippen molar-refractivity contribution < 1.29 is 4.39 Å². The van der Waals surface area contributed by atoms with Gasteiger partial charge in [0.15, 0.2) is 0 Å². The van der Waals surface area contributed by atoms with Gasteiger partial charge >= 0.3 is 0 Å². The van der Waals surface area contributed by atoms with Crippen LogP contribution in [0.15, 0.2) is 47.3 Å². The van der Waals surface area contributed by atoms with Gasteiger partial charge in [-0.2, -0.15) is 0 Å². The first-order chi connectivity index (χ1) is 13.5. The predicted molar refractivity (Wildman–Crippen MR) is 109 cm³/mol. The molecule has 7 heteroatoms. The molecule has 0 spiro atoms. The molecule has 2 aromatic carbocycles. The average molecular weight is 401 g/mol. The number of benzene rings is 2. The van der Waals surface area contributed by atoms with Crippen molar-refractivity contribution in [3.8, 4) is 0 Å². The van der Waals surface area contributed by atoms with Crippen LogP contribution in [-0.4, -0.2) is 45.9 Å². The molecular weight excluding hydrogens is 379 g/mol. The van der Waals surface area contributed by atoms with Crippen molar-refractivity contribution in [2.45, 2.75) is 19.5 Å². The van der Waals surface area contributed by atoms with E-state index in [0.29, 0.717) is 33.9 Å². The monoisotopic (exact) mass is 400 g/mol. The highest BCUT2D eigenvalue weighted by Crippen LogP contribution is 2.23. The van der Waals surface area contributed by atoms with Crippen molar-refractivity contribution in [3.05, 3.63) is 75.0 Å². The molecule has 0 bridgehead atoms. The molecule has 5 nitrogen and oxygen atoms in total. The van der Waals surface area contributed by atoms with Crippen molar-refractivity contribution in [1.29, 1.82) is 0 Å². The van der Waals surface area contributed by atoms with Crippen LogP contribution in [0, 0.1) is 5.82 Å². The molecule has 0 saturated carbocycles. The third-order valence-electron chi connectivity index (χ3n) is 5.42. The number of hydrogen-bond acceptors (Lipinski definition) is 4. The van der Waals surface area contributed by atoms with Gasteiger partial charge in [0.05, 0.1) is 16.9 Å². The Labute approximate surface area is 167 Å². The third kappa shape index (κ3) is 3.81. The van der Waals surface area contributed by atoms with Crippen molar-refractivity contribution in [2.75, 3.05) is 26.2 Å². The zero-order chi connectivity index (χ0) is 19.7. The summed E-state index contributed by atoms with van der Waals surface area (Å²) in [5.41, 5.74) is 1.15. The highest BCUT2D eigenvalue weighted by Gasteiger charge is 2.24. The maximum Gasteiger partial charge on any atom is 0.258 e. The highest BCUT2D eigenvalue weighted by molar-refractivity contribution is 6.31. The molecule has 1 saturated heterocycles. The van der Waals surface area contributed by atoms with Crippen LogP contribution >= 0.6 is 11.6 Å². The first-order valence-corrected chi connectivity index (χ1v) is 9.79. The Morgan fingerprint density at radius 3 is 2.64 bits per heavy atom. The number of nitrogens with one attached hydrogen (secondary N) is 1. The van der Waals surface area contributed by atoms with Crippen LogP contribution in [0.5, 0.6) is 0 Å². The van der Waals surface area contributed by atoms with E-state index in [4.69, 9.17) is 11.6 Å². The SMILES string of the molecule is C[C@@H](c1nc2ccccc2c(=O)[nH]1)N1CCN(Cc2c(F)cccc2Cl)CC1. The fourth-order valence-corrected chi connectivity index (χ4v) is 3.91. The first kappa shape index (κ1) is 19.1. The lowest BCUT2D eigenvalue weighted by atomic mass is 10.1. The van der Waals surface area contributed by atoms with E-state index < -0.39 is 0 Å². The summed E-state index contributed by atoms with van der Waals surface area (Å²) in [6.45, 7) is 5.77. The lowest BCUT2D eigenvalue weighted by molar-refractivity contribution is 0.0941. The standard InChI is InChI=1S/C21H22ClFN4O/c1-14(20-24-19-8-3-2-5-15(19)21(28)25-20)27-11-9-26(10-12-27)13-16-17(22)6-4-7-18(16)23/h2-8,14H,9-13H2,1H3,(H,24,25,28)/t14-/m0/s1. The second-order valence-electron chi connectivity index (χ2n) is 7.16. The number of aromatic nitrogens is 2. The van der Waals surface area contributed by atoms with Crippen LogP contribution in [0.1, 0.15) is 24.4 Å². The Hall–Kier alpha value is -2.28. The van der Waals surface area contributed by atoms with Crippen LogP contribution in [0.2, 0.25) is 5.02 Å². The summed E-state index contributed by atoms with van der Waals surface area (Å²) in [5, 5.41) is 1.07. The molecule has 2 heterocycles. The minimum absolute atomic E-state index is 0.00324. The second-order valence-corrected chi connectivity index (χ2v) is 7.56. The number of aromatic amines is 1. The zero-order valence-electron chi connectivity index (χ0n) is 15.7. The Morgan fingerprint density at radius 1 is 1.14 bits per heavy atom. The van der Waals surface area contributed by atoms with Gasteiger partial charge in [0.25, 0.3) is 5.56 Å². The summed E-state index contributed by atoms with van der Waals surface area (Å²) in [4.78, 5) is 24.4. The number of para-hydroxylation sites is 1. The van der Waals surface area contributed by atoms with Gasteiger partial charge in [-0.25, -0.2) is 9.37 Å². The topological polar surface area (TPSA) is 52.2 Å². The van der Waals surface area contributed by atoms with Gasteiger partial charge < -0.3 is 4.98 Å². The average Bonchev–Trinajstić information content (AvgIpc) is 2.71. The zero-order valence-corrected chi connectivity index (χ0v) is 16.4. The van der Waals surface area contributed by atoms with Gasteiger partial charge in [0.2, 0.25) is 0 Å². The van der Waals surface area contributed by atoms with Crippen LogP contribution in [0.25, 0.3) is 10.9 Å². The van der Waals surface area contributed by atoms with Gasteiger partial charge in [-0.3, -0.25) is 14.6 Å². The summed E-state index contributed by atoms with van der Waals surface area (Å²) in [5.74, 6) is 0.413. The maximum atomic E-state index is 14.0. The largest absolute Gasteiger partial charge is 0.309 e. The van der Waals surface area contributed by atoms with Gasteiger partial charge in [-0.1, -0.05) is 29.8 Å². The smallest absolute Gasteiger partial charge is 0.258 e. The van der Waals surface area contributed by atoms with Gasteiger partial charge in [0.1, 0.15) is 11.6 Å². The van der Waals surface area contributed by atoms with Crippen LogP contribution in [0.3, 0.4) is 0 Å². The predicted octanol–water partition coefficient (Wildman–Crippen LogP) is 3.59. The van der Waals surface area contributed by atoms with Gasteiger partial charge in [-0.15, -0.1) is 0 Å². The van der Waals surface area contributed by atoms with E-state index in [1.165, 1.54) is 6.07 Å². The summed E-state index contributed by atoms with van der Waals surface area (Å²) >= 11 is 6.15. The fraction of sp³-hybridized carbons (Fsp3) is 0.333. The molecule has 1 fully saturated rings. The molecule has 1 aliphatic heterocycles. The normalized spacial score (nSPS) is 17.1. The summed E-state index contributed by atoms with van der Waals surface area (Å²) in [6, 6.07) is 12.1. The van der Waals surface area contributed by atoms with E-state index in [-0.39, 0.29) is 17.4 Å². The molecule has 28 heavy (non-hydrogen) atoms. The molecule has 0 unspecified atom stereocenters. The maximum absolute atomic E-state index is 14.0. The van der Waals surface area contributed by atoms with Crippen molar-refractivity contribution in [3.63, 3.8) is 0 Å². The number of piperazine rings is 1. The molecule has 3 aromatic rings. The molecule has 1 aliphatic rings. The second kappa shape index (κ2) is 7.99. The Balaban J connectivity index is 1.44. The summed E-state index contributed by atoms with van der Waals surface area (Å²) in [7, 11) is 0. The van der Waals surface area contributed by atoms with Crippen LogP contribution in [-0.2, 0) is 6.54 Å². The molecule has 0 aliphatic carbocycles. The van der Waals surface area contributed by atoms with E-state index in [0.717, 1.165) is 26.2 Å². The van der Waals surface area contributed by atoms with Gasteiger partial charge in [-0.05, 0) is 31.2 Å². The van der Waals surface area contributed by atoms with E-state index in [2.05, 4.69) is 26.7 Å². The third-order valence-corrected chi connectivity index (χ3v) is 5.78. The molecule has 146 valence electrons. The van der Waals surface area contributed by atoms with Crippen molar-refractivity contribution in [1.82, 2.24) is 19.8 Å². The molecule has 1 aromatic heterocycles. The Bertz CT molecular complexity index is 1030. The summed E-state index contributed by atoms with van der Waals surface area (Å²) in [6.07, 6.45) is 0. The molecular formula is C21H22ClFN4O. The van der Waals surface area contributed by atoms with Gasteiger partial charge in [0, 0.05) is 43.3 Å². The summed E-state index contributed by atoms with van der Waals surface area (Å²) < 4.78 is 14.0. The number of hydrogen-bond donors (Lipinski definition) is 1. The molecule has 1 N–H and O–H groups in total. The number of halogens is 2. The molecule has 1 atom stereocenters. The van der Waals surface area contributed by atoms with Crippen molar-refractivity contribution in [2.24, 2.45) is 0 Å². The number of fused-ring (bicyclic) bond motifs is 1. The van der Waals surface area contributed by atoms with Crippen molar-refractivity contribution >= 4 is 22.5 Å². The van der Waals surface area contributed by atoms with E-state index in [1.54, 1.807) is 18.2 Å². The number of nitrogens with zero attached hydrogens (tertiary/aromatic N) is 3. The molecule has 0 radical (unpaired) electrons. The number of rotatable bonds is 4. The van der Waals surface area contributed by atoms with E-state index >= 15 is 0 Å². The minimum atomic E-state index is -0.263. The van der Waals surface area contributed by atoms with E-state index in [9.17, 15) is 9.18 Å². The lowest BCUT2D eigenvalue weighted by Gasteiger charge is -2.37. The fourth-order valence-electron chi connectivity index (χ4n) is 3.69. The first-order valence-electron chi connectivity index (χ1n) is 9.41. The minimum Gasteiger partial charge on any atom is -0.309 e. The lowest BCUT2D eigenvalue weighted by Crippen LogP contribution is -2.47. The van der Waals surface area contributed by atoms with E-state index in [1.807, 2.05) is 18.2 Å². The van der Waals surface area contributed by atoms with Crippen LogP contribution < -0.4 is 5.56 Å². The highest BCUT2D eigenvalue weighted by atomic mass is 35.5. The quantitative estimate of drug-likeness (QED) is 0.727. The molecule has 4 rings (SSSR count).